The van der Waals surface area contributed by atoms with Crippen LogP contribution in [-0.4, -0.2) is 19.0 Å². The van der Waals surface area contributed by atoms with Crippen LogP contribution < -0.4 is 0 Å². The zero-order valence-corrected chi connectivity index (χ0v) is 12.8. The Morgan fingerprint density at radius 2 is 1.77 bits per heavy atom. The number of hydrogen-bond acceptors (Lipinski definition) is 5. The lowest BCUT2D eigenvalue weighted by Gasteiger charge is -2.09. The predicted octanol–water partition coefficient (Wildman–Crippen LogP) is 3.97. The number of methoxy groups -OCH3 is 1. The van der Waals surface area contributed by atoms with Crippen LogP contribution in [0.5, 0.6) is 0 Å². The van der Waals surface area contributed by atoms with Gasteiger partial charge in [0.2, 0.25) is 0 Å². The largest absolute Gasteiger partial charge is 0.465 e. The number of ether oxygens (including phenoxy) is 1. The van der Waals surface area contributed by atoms with E-state index in [0.29, 0.717) is 11.1 Å². The van der Waals surface area contributed by atoms with Crippen LogP contribution in [0.3, 0.4) is 0 Å². The molecule has 22 heavy (non-hydrogen) atoms. The number of rotatable bonds is 4. The smallest absolute Gasteiger partial charge is 0.379 e. The Bertz CT molecular complexity index is 715. The molecule has 0 aliphatic rings. The van der Waals surface area contributed by atoms with Gasteiger partial charge in [0.1, 0.15) is 0 Å². The quantitative estimate of drug-likeness (QED) is 0.798. The monoisotopic (exact) mass is 320 g/mol. The summed E-state index contributed by atoms with van der Waals surface area (Å²) in [5.41, 5.74) is 1.20. The summed E-state index contributed by atoms with van der Waals surface area (Å²) in [6.45, 7) is 1.68. The van der Waals surface area contributed by atoms with Gasteiger partial charge in [-0.3, -0.25) is 0 Å². The fourth-order valence-corrected chi connectivity index (χ4v) is 2.97. The highest BCUT2D eigenvalue weighted by Crippen LogP contribution is 2.32. The highest BCUT2D eigenvalue weighted by molar-refractivity contribution is 7.99. The first kappa shape index (κ1) is 16.0. The molecule has 114 valence electrons. The van der Waals surface area contributed by atoms with Gasteiger partial charge in [0.25, 0.3) is 0 Å². The Hall–Kier alpha value is -2.34. The molecule has 0 spiro atoms. The summed E-state index contributed by atoms with van der Waals surface area (Å²) >= 11 is 1.35. The molecular weight excluding hydrogens is 307 g/mol. The standard InChI is InChI=1S/C16H13FO4S/c1-10-9-11(7-8-12(10)16(19)21-17)22-14-6-4-3-5-13(14)15(18)20-2/h3-9H,1-2H3. The Kier molecular flexibility index (Phi) is 5.16. The third kappa shape index (κ3) is 3.46. The van der Waals surface area contributed by atoms with E-state index in [-0.39, 0.29) is 5.56 Å². The van der Waals surface area contributed by atoms with Crippen molar-refractivity contribution in [1.82, 2.24) is 0 Å². The van der Waals surface area contributed by atoms with Crippen molar-refractivity contribution >= 4 is 23.7 Å². The van der Waals surface area contributed by atoms with E-state index >= 15 is 0 Å². The van der Waals surface area contributed by atoms with Crippen LogP contribution in [0.2, 0.25) is 0 Å². The fourth-order valence-electron chi connectivity index (χ4n) is 1.93. The van der Waals surface area contributed by atoms with Crippen LogP contribution in [-0.2, 0) is 9.68 Å². The van der Waals surface area contributed by atoms with Gasteiger partial charge in [0.15, 0.2) is 0 Å². The lowest BCUT2D eigenvalue weighted by Crippen LogP contribution is -2.03. The number of carbonyl (C=O) groups is 2. The Labute approximate surface area is 131 Å². The maximum atomic E-state index is 12.0. The molecule has 0 amide bonds. The van der Waals surface area contributed by atoms with Crippen LogP contribution in [0.25, 0.3) is 0 Å². The third-order valence-corrected chi connectivity index (χ3v) is 4.07. The first-order chi connectivity index (χ1) is 10.6. The van der Waals surface area contributed by atoms with Gasteiger partial charge >= 0.3 is 11.9 Å². The van der Waals surface area contributed by atoms with E-state index in [1.165, 1.54) is 24.9 Å². The molecule has 0 heterocycles. The van der Waals surface area contributed by atoms with E-state index in [4.69, 9.17) is 4.74 Å². The minimum absolute atomic E-state index is 0.160. The third-order valence-electron chi connectivity index (χ3n) is 3.01. The van der Waals surface area contributed by atoms with Gasteiger partial charge in [-0.15, -0.1) is 0 Å². The van der Waals surface area contributed by atoms with Crippen molar-refractivity contribution in [2.75, 3.05) is 7.11 Å². The van der Waals surface area contributed by atoms with Crippen LogP contribution in [0, 0.1) is 6.92 Å². The minimum atomic E-state index is -1.02. The van der Waals surface area contributed by atoms with Gasteiger partial charge < -0.3 is 4.74 Å². The molecule has 0 fully saturated rings. The molecule has 0 aliphatic heterocycles. The van der Waals surface area contributed by atoms with E-state index in [2.05, 4.69) is 4.94 Å². The van der Waals surface area contributed by atoms with Crippen LogP contribution in [0.15, 0.2) is 52.3 Å². The highest BCUT2D eigenvalue weighted by atomic mass is 32.2. The van der Waals surface area contributed by atoms with Crippen molar-refractivity contribution in [3.8, 4) is 0 Å². The van der Waals surface area contributed by atoms with Crippen LogP contribution in [0.1, 0.15) is 26.3 Å². The molecule has 2 rings (SSSR count). The van der Waals surface area contributed by atoms with Crippen LogP contribution in [0.4, 0.5) is 4.53 Å². The van der Waals surface area contributed by atoms with Crippen molar-refractivity contribution in [2.24, 2.45) is 0 Å². The van der Waals surface area contributed by atoms with Crippen molar-refractivity contribution < 1.29 is 23.8 Å². The molecule has 0 atom stereocenters. The van der Waals surface area contributed by atoms with E-state index in [1.54, 1.807) is 37.3 Å². The Balaban J connectivity index is 2.31. The Morgan fingerprint density at radius 3 is 2.41 bits per heavy atom. The van der Waals surface area contributed by atoms with Gasteiger partial charge in [0.05, 0.1) is 18.2 Å². The van der Waals surface area contributed by atoms with E-state index in [1.807, 2.05) is 6.07 Å². The molecular formula is C16H13FO4S. The average molecular weight is 320 g/mol. The molecule has 0 N–H and O–H groups in total. The molecule has 0 saturated heterocycles. The second-order valence-corrected chi connectivity index (χ2v) is 5.55. The van der Waals surface area contributed by atoms with Gasteiger partial charge in [-0.25, -0.2) is 14.5 Å². The van der Waals surface area contributed by atoms with Crippen molar-refractivity contribution in [3.63, 3.8) is 0 Å². The predicted molar refractivity (Wildman–Crippen MR) is 79.6 cm³/mol. The fraction of sp³-hybridized carbons (Fsp3) is 0.125. The summed E-state index contributed by atoms with van der Waals surface area (Å²) in [5, 5.41) is 0. The van der Waals surface area contributed by atoms with Gasteiger partial charge in [-0.05, 0) is 42.8 Å². The number of halogens is 1. The SMILES string of the molecule is COC(=O)c1ccccc1Sc1ccc(C(=O)OF)c(C)c1. The normalized spacial score (nSPS) is 10.1. The molecule has 0 aliphatic carbocycles. The van der Waals surface area contributed by atoms with Crippen LogP contribution >= 0.6 is 11.8 Å². The molecule has 0 bridgehead atoms. The lowest BCUT2D eigenvalue weighted by atomic mass is 10.1. The first-order valence-corrected chi connectivity index (χ1v) is 7.17. The number of aryl methyl sites for hydroxylation is 1. The summed E-state index contributed by atoms with van der Waals surface area (Å²) in [6.07, 6.45) is 0. The topological polar surface area (TPSA) is 52.6 Å². The summed E-state index contributed by atoms with van der Waals surface area (Å²) in [4.78, 5) is 27.7. The minimum Gasteiger partial charge on any atom is -0.465 e. The Morgan fingerprint density at radius 1 is 1.05 bits per heavy atom. The molecule has 0 unspecified atom stereocenters. The molecule has 0 aromatic heterocycles. The number of hydrogen-bond donors (Lipinski definition) is 0. The second-order valence-electron chi connectivity index (χ2n) is 4.43. The maximum Gasteiger partial charge on any atom is 0.379 e. The summed E-state index contributed by atoms with van der Waals surface area (Å²) in [7, 11) is 1.32. The summed E-state index contributed by atoms with van der Waals surface area (Å²) in [5.74, 6) is -1.44. The maximum absolute atomic E-state index is 12.0. The van der Waals surface area contributed by atoms with Crippen molar-refractivity contribution in [1.29, 1.82) is 0 Å². The molecule has 2 aromatic rings. The number of carbonyl (C=O) groups excluding carboxylic acids is 2. The van der Waals surface area contributed by atoms with E-state index < -0.39 is 11.9 Å². The lowest BCUT2D eigenvalue weighted by molar-refractivity contribution is -0.0788. The van der Waals surface area contributed by atoms with E-state index in [9.17, 15) is 14.1 Å². The van der Waals surface area contributed by atoms with Gasteiger partial charge in [-0.1, -0.05) is 23.9 Å². The first-order valence-electron chi connectivity index (χ1n) is 6.35. The van der Waals surface area contributed by atoms with E-state index in [0.717, 1.165) is 9.79 Å². The van der Waals surface area contributed by atoms with Gasteiger partial charge in [-0.2, -0.15) is 0 Å². The molecule has 0 saturated carbocycles. The number of esters is 1. The highest BCUT2D eigenvalue weighted by Gasteiger charge is 2.14. The zero-order valence-electron chi connectivity index (χ0n) is 12.0. The summed E-state index contributed by atoms with van der Waals surface area (Å²) < 4.78 is 16.7. The van der Waals surface area contributed by atoms with Crippen molar-refractivity contribution in [2.45, 2.75) is 16.7 Å². The summed E-state index contributed by atoms with van der Waals surface area (Å²) in [6, 6.07) is 11.9. The molecule has 2 aromatic carbocycles. The second kappa shape index (κ2) is 7.09. The van der Waals surface area contributed by atoms with Crippen molar-refractivity contribution in [3.05, 3.63) is 59.2 Å². The molecule has 4 nitrogen and oxygen atoms in total. The van der Waals surface area contributed by atoms with Gasteiger partial charge in [0, 0.05) is 14.3 Å². The molecule has 6 heteroatoms. The molecule has 0 radical (unpaired) electrons. The zero-order chi connectivity index (χ0) is 16.1. The number of benzene rings is 2. The average Bonchev–Trinajstić information content (AvgIpc) is 2.54.